The van der Waals surface area contributed by atoms with Gasteiger partial charge in [0.15, 0.2) is 14.0 Å². The third-order valence-electron chi connectivity index (χ3n) is 2.93. The molecule has 0 spiro atoms. The molecule has 1 aromatic rings. The third kappa shape index (κ3) is 1.81. The number of ketones is 1. The molecule has 0 radical (unpaired) electrons. The zero-order valence-electron chi connectivity index (χ0n) is 9.55. The summed E-state index contributed by atoms with van der Waals surface area (Å²) in [7, 11) is -3.47. The van der Waals surface area contributed by atoms with Crippen molar-refractivity contribution in [1.82, 2.24) is 4.37 Å². The first kappa shape index (κ1) is 12.6. The lowest BCUT2D eigenvalue weighted by atomic mass is 9.96. The molecule has 0 saturated carbocycles. The molecule has 3 unspecified atom stereocenters. The van der Waals surface area contributed by atoms with Gasteiger partial charge in [0.05, 0.1) is 5.56 Å². The topological polar surface area (TPSA) is 91.6 Å². The van der Waals surface area contributed by atoms with Gasteiger partial charge in [-0.3, -0.25) is 4.79 Å². The number of sulfone groups is 1. The second-order valence-electron chi connectivity index (χ2n) is 4.21. The Balaban J connectivity index is 2.70. The van der Waals surface area contributed by atoms with E-state index in [1.54, 1.807) is 6.92 Å². The number of aromatic nitrogens is 1. The van der Waals surface area contributed by atoms with Crippen LogP contribution in [0.1, 0.15) is 35.9 Å². The smallest absolute Gasteiger partial charge is 0.224 e. The highest BCUT2D eigenvalue weighted by Crippen LogP contribution is 2.30. The van der Waals surface area contributed by atoms with Gasteiger partial charge in [0.2, 0.25) is 5.78 Å². The van der Waals surface area contributed by atoms with E-state index in [1.807, 2.05) is 0 Å². The number of carbonyl (C=O) groups excluding carboxylic acids is 1. The van der Waals surface area contributed by atoms with Gasteiger partial charge in [0.1, 0.15) is 17.8 Å². The molecule has 1 aromatic heterocycles. The maximum Gasteiger partial charge on any atom is 0.224 e. The van der Waals surface area contributed by atoms with Crippen molar-refractivity contribution in [3.05, 3.63) is 16.5 Å². The minimum atomic E-state index is -3.47. The van der Waals surface area contributed by atoms with Crippen molar-refractivity contribution in [2.24, 2.45) is 0 Å². The Morgan fingerprint density at radius 2 is 1.94 bits per heavy atom. The van der Waals surface area contributed by atoms with Crippen molar-refractivity contribution in [3.8, 4) is 0 Å². The first-order chi connectivity index (χ1) is 7.75. The van der Waals surface area contributed by atoms with Crippen LogP contribution in [-0.4, -0.2) is 30.9 Å². The number of hydrogen-bond donors (Lipinski definition) is 1. The van der Waals surface area contributed by atoms with Gasteiger partial charge in [-0.25, -0.2) is 8.42 Å². The molecule has 0 fully saturated rings. The van der Waals surface area contributed by atoms with Crippen LogP contribution in [0.15, 0.2) is 4.21 Å². The molecule has 3 atom stereocenters. The molecule has 1 aliphatic rings. The van der Waals surface area contributed by atoms with Gasteiger partial charge >= 0.3 is 0 Å². The predicted octanol–water partition coefficient (Wildman–Crippen LogP) is -0.425. The third-order valence-corrected chi connectivity index (χ3v) is 5.59. The van der Waals surface area contributed by atoms with Crippen LogP contribution in [-0.2, 0) is 9.84 Å². The van der Waals surface area contributed by atoms with E-state index in [0.717, 1.165) is 17.8 Å². The number of nitrogens with one attached hydrogen (secondary N) is 1. The summed E-state index contributed by atoms with van der Waals surface area (Å²) in [6.07, 6.45) is 1.04. The van der Waals surface area contributed by atoms with Crippen LogP contribution in [0.2, 0.25) is 0 Å². The van der Waals surface area contributed by atoms with E-state index in [0.29, 0.717) is 5.69 Å². The summed E-state index contributed by atoms with van der Waals surface area (Å²) in [5.74, 6) is -0.433. The summed E-state index contributed by atoms with van der Waals surface area (Å²) >= 11 is 0.773. The molecule has 8 heteroatoms. The second-order valence-corrected chi connectivity index (χ2v) is 7.20. The summed E-state index contributed by atoms with van der Waals surface area (Å²) in [4.78, 5) is 12.0. The highest BCUT2D eigenvalue weighted by atomic mass is 32.2. The lowest BCUT2D eigenvalue weighted by Crippen LogP contribution is -3.13. The molecule has 1 N–H and O–H groups in total. The normalized spacial score (nSPS) is 29.2. The minimum absolute atomic E-state index is 0.0244. The molecule has 0 saturated heterocycles. The number of Topliss-reactive ketones (excluding diaryl/α,β-unsaturated/α-hetero) is 1. The van der Waals surface area contributed by atoms with Crippen LogP contribution in [0.3, 0.4) is 0 Å². The van der Waals surface area contributed by atoms with Crippen molar-refractivity contribution in [3.63, 3.8) is 0 Å². The molecule has 94 valence electrons. The standard InChI is InChI=1S/C9H12N2O4S2/c1-4-7-6(8(12)5(2)11(4)13)9(16-10-7)17(3,14)15/h4-5,11H,1-3H3. The Morgan fingerprint density at radius 1 is 1.35 bits per heavy atom. The number of fused-ring (bicyclic) bond motifs is 1. The number of quaternary nitrogens is 1. The molecule has 0 bridgehead atoms. The van der Waals surface area contributed by atoms with Crippen LogP contribution >= 0.6 is 11.5 Å². The second kappa shape index (κ2) is 3.84. The van der Waals surface area contributed by atoms with Gasteiger partial charge in [-0.2, -0.15) is 4.37 Å². The van der Waals surface area contributed by atoms with Crippen molar-refractivity contribution in [2.75, 3.05) is 6.26 Å². The van der Waals surface area contributed by atoms with Crippen LogP contribution < -0.4 is 5.06 Å². The predicted molar refractivity (Wildman–Crippen MR) is 61.8 cm³/mol. The van der Waals surface area contributed by atoms with Gasteiger partial charge < -0.3 is 10.3 Å². The number of hydrogen-bond acceptors (Lipinski definition) is 6. The number of nitrogens with zero attached hydrogens (tertiary/aromatic N) is 1. The summed E-state index contributed by atoms with van der Waals surface area (Å²) in [6, 6.07) is -1.29. The van der Waals surface area contributed by atoms with Gasteiger partial charge in [-0.05, 0) is 25.4 Å². The highest BCUT2D eigenvalue weighted by Gasteiger charge is 2.41. The SMILES string of the molecule is CC1C(=O)c2c(nsc2S(C)(=O)=O)C(C)[NH+]1[O-]. The van der Waals surface area contributed by atoms with Gasteiger partial charge in [-0.1, -0.05) is 0 Å². The summed E-state index contributed by atoms with van der Waals surface area (Å²) in [5.41, 5.74) is 0.431. The van der Waals surface area contributed by atoms with Crippen LogP contribution in [0.5, 0.6) is 0 Å². The van der Waals surface area contributed by atoms with E-state index >= 15 is 0 Å². The van der Waals surface area contributed by atoms with E-state index < -0.39 is 27.7 Å². The van der Waals surface area contributed by atoms with Crippen molar-refractivity contribution in [2.45, 2.75) is 30.1 Å². The number of rotatable bonds is 1. The van der Waals surface area contributed by atoms with Crippen LogP contribution in [0, 0.1) is 5.21 Å². The van der Waals surface area contributed by atoms with E-state index in [-0.39, 0.29) is 14.8 Å². The van der Waals surface area contributed by atoms with E-state index in [2.05, 4.69) is 4.37 Å². The summed E-state index contributed by atoms with van der Waals surface area (Å²) in [6.45, 7) is 3.16. The van der Waals surface area contributed by atoms with Gasteiger partial charge in [-0.15, -0.1) is 0 Å². The monoisotopic (exact) mass is 276 g/mol. The lowest BCUT2D eigenvalue weighted by molar-refractivity contribution is -0.895. The Kier molecular flexibility index (Phi) is 2.85. The maximum atomic E-state index is 12.0. The first-order valence-electron chi connectivity index (χ1n) is 5.02. The van der Waals surface area contributed by atoms with E-state index in [4.69, 9.17) is 0 Å². The maximum absolute atomic E-state index is 12.0. The van der Waals surface area contributed by atoms with Crippen LogP contribution in [0.25, 0.3) is 0 Å². The van der Waals surface area contributed by atoms with Crippen molar-refractivity contribution < 1.29 is 18.3 Å². The molecule has 6 nitrogen and oxygen atoms in total. The summed E-state index contributed by atoms with van der Waals surface area (Å²) in [5, 5.41) is 11.6. The fourth-order valence-corrected chi connectivity index (χ4v) is 3.87. The average molecular weight is 276 g/mol. The van der Waals surface area contributed by atoms with Crippen molar-refractivity contribution >= 4 is 27.2 Å². The highest BCUT2D eigenvalue weighted by molar-refractivity contribution is 7.92. The molecule has 17 heavy (non-hydrogen) atoms. The zero-order chi connectivity index (χ0) is 13.0. The Bertz CT molecular complexity index is 578. The van der Waals surface area contributed by atoms with E-state index in [1.165, 1.54) is 6.92 Å². The van der Waals surface area contributed by atoms with Crippen molar-refractivity contribution in [1.29, 1.82) is 0 Å². The molecule has 0 aliphatic carbocycles. The number of hydroxylamine groups is 2. The molecule has 2 rings (SSSR count). The Hall–Kier alpha value is -0.830. The fourth-order valence-electron chi connectivity index (χ4n) is 1.92. The Labute approximate surface area is 103 Å². The lowest BCUT2D eigenvalue weighted by Gasteiger charge is -2.36. The average Bonchev–Trinajstić information content (AvgIpc) is 2.67. The van der Waals surface area contributed by atoms with Gasteiger partial charge in [0.25, 0.3) is 0 Å². The molecular weight excluding hydrogens is 264 g/mol. The molecule has 0 amide bonds. The van der Waals surface area contributed by atoms with Gasteiger partial charge in [0, 0.05) is 6.26 Å². The molecule has 0 aromatic carbocycles. The number of carbonyl (C=O) groups is 1. The Morgan fingerprint density at radius 3 is 2.47 bits per heavy atom. The summed E-state index contributed by atoms with van der Waals surface area (Å²) < 4.78 is 27.0. The molecule has 2 heterocycles. The quantitative estimate of drug-likeness (QED) is 0.703. The molecule has 1 aliphatic heterocycles. The van der Waals surface area contributed by atoms with Crippen LogP contribution in [0.4, 0.5) is 0 Å². The largest absolute Gasteiger partial charge is 0.633 e. The first-order valence-corrected chi connectivity index (χ1v) is 7.69. The zero-order valence-corrected chi connectivity index (χ0v) is 11.2. The minimum Gasteiger partial charge on any atom is -0.633 e. The molecular formula is C9H12N2O4S2. The fraction of sp³-hybridized carbons (Fsp3) is 0.556. The van der Waals surface area contributed by atoms with E-state index in [9.17, 15) is 18.4 Å².